The van der Waals surface area contributed by atoms with Crippen molar-refractivity contribution in [1.29, 1.82) is 0 Å². The van der Waals surface area contributed by atoms with Crippen molar-refractivity contribution in [3.63, 3.8) is 0 Å². The maximum absolute atomic E-state index is 13.2. The highest BCUT2D eigenvalue weighted by Gasteiger charge is 2.48. The molecule has 0 bridgehead atoms. The molecular weight excluding hydrogens is 174 g/mol. The van der Waals surface area contributed by atoms with Crippen molar-refractivity contribution in [3.8, 4) is 0 Å². The molecule has 0 spiro atoms. The van der Waals surface area contributed by atoms with E-state index in [9.17, 15) is 13.9 Å². The molecule has 0 aromatic heterocycles. The van der Waals surface area contributed by atoms with Gasteiger partial charge in [-0.2, -0.15) is 0 Å². The maximum Gasteiger partial charge on any atom is 0.251 e. The van der Waals surface area contributed by atoms with Crippen LogP contribution in [0.2, 0.25) is 0 Å². The van der Waals surface area contributed by atoms with Crippen LogP contribution in [0.1, 0.15) is 44.9 Å². The summed E-state index contributed by atoms with van der Waals surface area (Å²) < 4.78 is 26.4. The number of rotatable bonds is 2. The largest absolute Gasteiger partial charge is 0.390 e. The fourth-order valence-corrected chi connectivity index (χ4v) is 2.50. The van der Waals surface area contributed by atoms with Crippen molar-refractivity contribution in [2.75, 3.05) is 0 Å². The Labute approximate surface area is 77.1 Å². The SMILES string of the molecule is OC1(CC2CCCC2(F)F)CCC1. The quantitative estimate of drug-likeness (QED) is 0.709. The van der Waals surface area contributed by atoms with Crippen molar-refractivity contribution in [1.82, 2.24) is 0 Å². The minimum atomic E-state index is -2.51. The third-order valence-corrected chi connectivity index (χ3v) is 3.57. The highest BCUT2D eigenvalue weighted by atomic mass is 19.3. The Hall–Kier alpha value is -0.180. The van der Waals surface area contributed by atoms with E-state index in [0.717, 1.165) is 19.3 Å². The zero-order valence-electron chi connectivity index (χ0n) is 7.73. The van der Waals surface area contributed by atoms with Crippen LogP contribution < -0.4 is 0 Å². The highest BCUT2D eigenvalue weighted by molar-refractivity contribution is 4.95. The second-order valence-electron chi connectivity index (χ2n) is 4.63. The Balaban J connectivity index is 1.94. The zero-order valence-corrected chi connectivity index (χ0v) is 7.73. The van der Waals surface area contributed by atoms with Gasteiger partial charge >= 0.3 is 0 Å². The molecule has 2 aliphatic carbocycles. The first-order valence-electron chi connectivity index (χ1n) is 5.12. The first kappa shape index (κ1) is 9.38. The van der Waals surface area contributed by atoms with Crippen LogP contribution >= 0.6 is 0 Å². The third-order valence-electron chi connectivity index (χ3n) is 3.57. The van der Waals surface area contributed by atoms with Crippen molar-refractivity contribution in [3.05, 3.63) is 0 Å². The van der Waals surface area contributed by atoms with E-state index in [0.29, 0.717) is 19.3 Å². The molecule has 1 nitrogen and oxygen atoms in total. The third kappa shape index (κ3) is 1.71. The summed E-state index contributed by atoms with van der Waals surface area (Å²) in [5, 5.41) is 9.77. The summed E-state index contributed by atoms with van der Waals surface area (Å²) in [4.78, 5) is 0. The molecule has 13 heavy (non-hydrogen) atoms. The molecular formula is C10H16F2O. The predicted octanol–water partition coefficient (Wildman–Crippen LogP) is 2.73. The Morgan fingerprint density at radius 2 is 1.85 bits per heavy atom. The van der Waals surface area contributed by atoms with E-state index < -0.39 is 17.4 Å². The van der Waals surface area contributed by atoms with E-state index in [1.54, 1.807) is 0 Å². The lowest BCUT2D eigenvalue weighted by Gasteiger charge is -2.39. The molecule has 0 heterocycles. The standard InChI is InChI=1S/C10H16F2O/c11-10(12)6-1-3-8(10)7-9(13)4-2-5-9/h8,13H,1-7H2. The van der Waals surface area contributed by atoms with Crippen LogP contribution in [0, 0.1) is 5.92 Å². The molecule has 1 atom stereocenters. The van der Waals surface area contributed by atoms with Gasteiger partial charge in [-0.25, -0.2) is 8.78 Å². The molecule has 1 unspecified atom stereocenters. The molecule has 1 N–H and O–H groups in total. The number of aliphatic hydroxyl groups is 1. The van der Waals surface area contributed by atoms with Crippen LogP contribution in [0.4, 0.5) is 8.78 Å². The molecule has 76 valence electrons. The molecule has 0 aromatic rings. The van der Waals surface area contributed by atoms with Gasteiger partial charge in [-0.1, -0.05) is 0 Å². The van der Waals surface area contributed by atoms with Gasteiger partial charge in [0.25, 0.3) is 5.92 Å². The second kappa shape index (κ2) is 2.91. The number of halogens is 2. The van der Waals surface area contributed by atoms with Crippen molar-refractivity contribution in [2.24, 2.45) is 5.92 Å². The van der Waals surface area contributed by atoms with E-state index in [1.165, 1.54) is 0 Å². The smallest absolute Gasteiger partial charge is 0.251 e. The Morgan fingerprint density at radius 3 is 2.23 bits per heavy atom. The average Bonchev–Trinajstić information content (AvgIpc) is 2.28. The van der Waals surface area contributed by atoms with Crippen LogP contribution in [-0.4, -0.2) is 16.6 Å². The molecule has 0 saturated heterocycles. The zero-order chi connectivity index (χ0) is 9.53. The summed E-state index contributed by atoms with van der Waals surface area (Å²) in [5.74, 6) is -3.07. The van der Waals surface area contributed by atoms with E-state index in [4.69, 9.17) is 0 Å². The molecule has 0 amide bonds. The Kier molecular flexibility index (Phi) is 2.10. The summed E-state index contributed by atoms with van der Waals surface area (Å²) in [5.41, 5.74) is -0.738. The summed E-state index contributed by atoms with van der Waals surface area (Å²) >= 11 is 0. The van der Waals surface area contributed by atoms with Crippen molar-refractivity contribution < 1.29 is 13.9 Å². The summed E-state index contributed by atoms with van der Waals surface area (Å²) in [6, 6.07) is 0. The molecule has 0 aromatic carbocycles. The van der Waals surface area contributed by atoms with Crippen LogP contribution in [0.5, 0.6) is 0 Å². The molecule has 2 rings (SSSR count). The number of hydrogen-bond acceptors (Lipinski definition) is 1. The topological polar surface area (TPSA) is 20.2 Å². The normalized spacial score (nSPS) is 35.8. The Bertz CT molecular complexity index is 199. The summed E-state index contributed by atoms with van der Waals surface area (Å²) in [6.07, 6.45) is 3.99. The minimum absolute atomic E-state index is 0.0216. The van der Waals surface area contributed by atoms with Crippen LogP contribution in [-0.2, 0) is 0 Å². The number of hydrogen-bond donors (Lipinski definition) is 1. The van der Waals surface area contributed by atoms with E-state index in [-0.39, 0.29) is 6.42 Å². The lowest BCUT2D eigenvalue weighted by Crippen LogP contribution is -2.41. The van der Waals surface area contributed by atoms with Gasteiger partial charge in [-0.05, 0) is 38.5 Å². The molecule has 2 aliphatic rings. The molecule has 0 aliphatic heterocycles. The average molecular weight is 190 g/mol. The monoisotopic (exact) mass is 190 g/mol. The van der Waals surface area contributed by atoms with Gasteiger partial charge in [0.2, 0.25) is 0 Å². The summed E-state index contributed by atoms with van der Waals surface area (Å²) in [7, 11) is 0. The fraction of sp³-hybridized carbons (Fsp3) is 1.00. The molecule has 0 radical (unpaired) electrons. The van der Waals surface area contributed by atoms with Gasteiger partial charge in [0, 0.05) is 12.3 Å². The van der Waals surface area contributed by atoms with Crippen molar-refractivity contribution in [2.45, 2.75) is 56.5 Å². The van der Waals surface area contributed by atoms with Gasteiger partial charge < -0.3 is 5.11 Å². The fourth-order valence-electron chi connectivity index (χ4n) is 2.50. The van der Waals surface area contributed by atoms with Gasteiger partial charge in [-0.3, -0.25) is 0 Å². The minimum Gasteiger partial charge on any atom is -0.390 e. The van der Waals surface area contributed by atoms with E-state index in [2.05, 4.69) is 0 Å². The lowest BCUT2D eigenvalue weighted by atomic mass is 9.73. The number of alkyl halides is 2. The van der Waals surface area contributed by atoms with E-state index >= 15 is 0 Å². The second-order valence-corrected chi connectivity index (χ2v) is 4.63. The summed E-state index contributed by atoms with van der Waals surface area (Å²) in [6.45, 7) is 0. The van der Waals surface area contributed by atoms with Crippen LogP contribution in [0.25, 0.3) is 0 Å². The predicted molar refractivity (Wildman–Crippen MR) is 45.7 cm³/mol. The highest BCUT2D eigenvalue weighted by Crippen LogP contribution is 2.48. The first-order chi connectivity index (χ1) is 6.02. The van der Waals surface area contributed by atoms with Crippen LogP contribution in [0.15, 0.2) is 0 Å². The first-order valence-corrected chi connectivity index (χ1v) is 5.12. The van der Waals surface area contributed by atoms with Gasteiger partial charge in [0.1, 0.15) is 0 Å². The van der Waals surface area contributed by atoms with E-state index in [1.807, 2.05) is 0 Å². The maximum atomic E-state index is 13.2. The Morgan fingerprint density at radius 1 is 1.15 bits per heavy atom. The van der Waals surface area contributed by atoms with Gasteiger partial charge in [-0.15, -0.1) is 0 Å². The molecule has 2 saturated carbocycles. The van der Waals surface area contributed by atoms with Crippen molar-refractivity contribution >= 4 is 0 Å². The van der Waals surface area contributed by atoms with Gasteiger partial charge in [0.05, 0.1) is 5.60 Å². The van der Waals surface area contributed by atoms with Gasteiger partial charge in [0.15, 0.2) is 0 Å². The molecule has 3 heteroatoms. The molecule has 2 fully saturated rings. The lowest BCUT2D eigenvalue weighted by molar-refractivity contribution is -0.103. The van der Waals surface area contributed by atoms with Crippen LogP contribution in [0.3, 0.4) is 0 Å².